The van der Waals surface area contributed by atoms with Crippen LogP contribution >= 0.6 is 15.9 Å². The number of carbonyl (C=O) groups is 1. The number of nitrogens with one attached hydrogen (secondary N) is 1. The summed E-state index contributed by atoms with van der Waals surface area (Å²) in [5, 5.41) is 2.91. The smallest absolute Gasteiger partial charge is 0.255 e. The van der Waals surface area contributed by atoms with Gasteiger partial charge in [-0.05, 0) is 56.7 Å². The van der Waals surface area contributed by atoms with Crippen molar-refractivity contribution in [2.45, 2.75) is 33.4 Å². The second-order valence-electron chi connectivity index (χ2n) is 6.19. The molecule has 1 N–H and O–H groups in total. The number of fused-ring (bicyclic) bond motifs is 1. The average Bonchev–Trinajstić information content (AvgIpc) is 2.94. The SMILES string of the molecule is Cc1ccn2cc(CNC(=O)c3ccc(Br)cc3OC(C)C)nc2c1. The van der Waals surface area contributed by atoms with Crippen molar-refractivity contribution in [3.63, 3.8) is 0 Å². The average molecular weight is 402 g/mol. The van der Waals surface area contributed by atoms with E-state index in [0.29, 0.717) is 17.9 Å². The van der Waals surface area contributed by atoms with E-state index in [-0.39, 0.29) is 12.0 Å². The number of ether oxygens (including phenoxy) is 1. The number of aryl methyl sites for hydroxylation is 1. The van der Waals surface area contributed by atoms with E-state index in [2.05, 4.69) is 26.2 Å². The Kier molecular flexibility index (Phi) is 5.08. The molecule has 3 aromatic rings. The predicted molar refractivity (Wildman–Crippen MR) is 101 cm³/mol. The van der Waals surface area contributed by atoms with Crippen molar-refractivity contribution in [3.8, 4) is 5.75 Å². The highest BCUT2D eigenvalue weighted by Gasteiger charge is 2.14. The van der Waals surface area contributed by atoms with Gasteiger partial charge in [-0.15, -0.1) is 0 Å². The van der Waals surface area contributed by atoms with E-state index in [1.54, 1.807) is 6.07 Å². The highest BCUT2D eigenvalue weighted by molar-refractivity contribution is 9.10. The van der Waals surface area contributed by atoms with E-state index in [1.165, 1.54) is 0 Å². The number of halogens is 1. The zero-order valence-corrected chi connectivity index (χ0v) is 16.0. The fraction of sp³-hybridized carbons (Fsp3) is 0.263. The Morgan fingerprint density at radius 3 is 2.88 bits per heavy atom. The molecule has 0 bridgehead atoms. The van der Waals surface area contributed by atoms with Crippen molar-refractivity contribution in [1.29, 1.82) is 0 Å². The summed E-state index contributed by atoms with van der Waals surface area (Å²) in [4.78, 5) is 17.1. The van der Waals surface area contributed by atoms with Crippen LogP contribution in [0.15, 0.2) is 47.2 Å². The van der Waals surface area contributed by atoms with Crippen LogP contribution in [0.5, 0.6) is 5.75 Å². The Morgan fingerprint density at radius 1 is 1.32 bits per heavy atom. The van der Waals surface area contributed by atoms with Crippen molar-refractivity contribution in [2.75, 3.05) is 0 Å². The van der Waals surface area contributed by atoms with Gasteiger partial charge in [0.1, 0.15) is 11.4 Å². The second-order valence-corrected chi connectivity index (χ2v) is 7.11. The Balaban J connectivity index is 1.75. The van der Waals surface area contributed by atoms with E-state index in [4.69, 9.17) is 4.74 Å². The molecule has 0 saturated carbocycles. The summed E-state index contributed by atoms with van der Waals surface area (Å²) in [5.74, 6) is 0.379. The molecule has 0 atom stereocenters. The van der Waals surface area contributed by atoms with Crippen LogP contribution in [-0.2, 0) is 6.54 Å². The monoisotopic (exact) mass is 401 g/mol. The maximum Gasteiger partial charge on any atom is 0.255 e. The minimum atomic E-state index is -0.184. The number of carbonyl (C=O) groups excluding carboxylic acids is 1. The van der Waals surface area contributed by atoms with Gasteiger partial charge in [-0.25, -0.2) is 4.98 Å². The van der Waals surface area contributed by atoms with Gasteiger partial charge in [0.2, 0.25) is 0 Å². The molecule has 0 fully saturated rings. The lowest BCUT2D eigenvalue weighted by molar-refractivity contribution is 0.0944. The van der Waals surface area contributed by atoms with Crippen LogP contribution in [0.1, 0.15) is 35.5 Å². The Morgan fingerprint density at radius 2 is 2.12 bits per heavy atom. The Labute approximate surface area is 155 Å². The van der Waals surface area contributed by atoms with Crippen molar-refractivity contribution >= 4 is 27.5 Å². The van der Waals surface area contributed by atoms with Crippen LogP contribution in [-0.4, -0.2) is 21.4 Å². The van der Waals surface area contributed by atoms with Crippen molar-refractivity contribution in [2.24, 2.45) is 0 Å². The number of amides is 1. The lowest BCUT2D eigenvalue weighted by Gasteiger charge is -2.14. The Hall–Kier alpha value is -2.34. The summed E-state index contributed by atoms with van der Waals surface area (Å²) in [6, 6.07) is 9.42. The van der Waals surface area contributed by atoms with Gasteiger partial charge in [0.25, 0.3) is 5.91 Å². The molecule has 25 heavy (non-hydrogen) atoms. The van der Waals surface area contributed by atoms with Crippen LogP contribution in [0.4, 0.5) is 0 Å². The molecule has 1 amide bonds. The standard InChI is InChI=1S/C19H20BrN3O2/c1-12(2)25-17-9-14(20)4-5-16(17)19(24)21-10-15-11-23-7-6-13(3)8-18(23)22-15/h4-9,11-12H,10H2,1-3H3,(H,21,24). The molecule has 1 aromatic carbocycles. The quantitative estimate of drug-likeness (QED) is 0.699. The number of hydrogen-bond donors (Lipinski definition) is 1. The van der Waals surface area contributed by atoms with Gasteiger partial charge in [-0.1, -0.05) is 15.9 Å². The first kappa shape index (κ1) is 17.5. The van der Waals surface area contributed by atoms with E-state index in [0.717, 1.165) is 21.4 Å². The number of hydrogen-bond acceptors (Lipinski definition) is 3. The van der Waals surface area contributed by atoms with Crippen molar-refractivity contribution in [3.05, 3.63) is 64.0 Å². The fourth-order valence-corrected chi connectivity index (χ4v) is 2.86. The van der Waals surface area contributed by atoms with Crippen LogP contribution < -0.4 is 10.1 Å². The summed E-state index contributed by atoms with van der Waals surface area (Å²) in [6.45, 7) is 6.25. The third-order valence-corrected chi connectivity index (χ3v) is 4.14. The van der Waals surface area contributed by atoms with E-state index >= 15 is 0 Å². The highest BCUT2D eigenvalue weighted by Crippen LogP contribution is 2.25. The van der Waals surface area contributed by atoms with E-state index < -0.39 is 0 Å². The zero-order chi connectivity index (χ0) is 18.0. The molecule has 0 aliphatic carbocycles. The predicted octanol–water partition coefficient (Wildman–Crippen LogP) is 4.12. The van der Waals surface area contributed by atoms with E-state index in [9.17, 15) is 4.79 Å². The molecule has 0 saturated heterocycles. The number of aromatic nitrogens is 2. The minimum Gasteiger partial charge on any atom is -0.490 e. The third kappa shape index (κ3) is 4.20. The first-order chi connectivity index (χ1) is 11.9. The van der Waals surface area contributed by atoms with Crippen LogP contribution in [0.3, 0.4) is 0 Å². The third-order valence-electron chi connectivity index (χ3n) is 3.65. The van der Waals surface area contributed by atoms with Gasteiger partial charge in [-0.2, -0.15) is 0 Å². The van der Waals surface area contributed by atoms with Crippen LogP contribution in [0.25, 0.3) is 5.65 Å². The molecule has 2 heterocycles. The van der Waals surface area contributed by atoms with E-state index in [1.807, 2.05) is 61.8 Å². The second kappa shape index (κ2) is 7.27. The summed E-state index contributed by atoms with van der Waals surface area (Å²) < 4.78 is 8.57. The Bertz CT molecular complexity index is 918. The highest BCUT2D eigenvalue weighted by atomic mass is 79.9. The molecule has 0 radical (unpaired) electrons. The minimum absolute atomic E-state index is 0.0115. The number of pyridine rings is 1. The van der Waals surface area contributed by atoms with Gasteiger partial charge < -0.3 is 14.5 Å². The molecule has 6 heteroatoms. The fourth-order valence-electron chi connectivity index (χ4n) is 2.52. The summed E-state index contributed by atoms with van der Waals surface area (Å²) in [7, 11) is 0. The molecule has 5 nitrogen and oxygen atoms in total. The first-order valence-corrected chi connectivity index (χ1v) is 8.90. The first-order valence-electron chi connectivity index (χ1n) is 8.11. The normalized spacial score (nSPS) is 11.1. The van der Waals surface area contributed by atoms with Crippen LogP contribution in [0, 0.1) is 6.92 Å². The van der Waals surface area contributed by atoms with Gasteiger partial charge >= 0.3 is 0 Å². The van der Waals surface area contributed by atoms with Gasteiger partial charge in [-0.3, -0.25) is 4.79 Å². The molecular weight excluding hydrogens is 382 g/mol. The zero-order valence-electron chi connectivity index (χ0n) is 14.4. The van der Waals surface area contributed by atoms with Crippen molar-refractivity contribution in [1.82, 2.24) is 14.7 Å². The lowest BCUT2D eigenvalue weighted by Crippen LogP contribution is -2.24. The molecule has 0 unspecified atom stereocenters. The molecule has 130 valence electrons. The molecule has 0 aliphatic rings. The van der Waals surface area contributed by atoms with Crippen molar-refractivity contribution < 1.29 is 9.53 Å². The van der Waals surface area contributed by atoms with Crippen LogP contribution in [0.2, 0.25) is 0 Å². The molecule has 3 rings (SSSR count). The molecule has 0 aliphatic heterocycles. The van der Waals surface area contributed by atoms with Gasteiger partial charge in [0.15, 0.2) is 0 Å². The molecule has 0 spiro atoms. The summed E-state index contributed by atoms with van der Waals surface area (Å²) >= 11 is 3.41. The molecular formula is C19H20BrN3O2. The maximum atomic E-state index is 12.6. The number of benzene rings is 1. The topological polar surface area (TPSA) is 55.6 Å². The largest absolute Gasteiger partial charge is 0.490 e. The number of rotatable bonds is 5. The van der Waals surface area contributed by atoms with Gasteiger partial charge in [0, 0.05) is 16.9 Å². The molecule has 2 aromatic heterocycles. The number of nitrogens with zero attached hydrogens (tertiary/aromatic N) is 2. The van der Waals surface area contributed by atoms with Gasteiger partial charge in [0.05, 0.1) is 23.9 Å². The lowest BCUT2D eigenvalue weighted by atomic mass is 10.2. The maximum absolute atomic E-state index is 12.6. The summed E-state index contributed by atoms with van der Waals surface area (Å²) in [5.41, 5.74) is 3.34. The summed E-state index contributed by atoms with van der Waals surface area (Å²) in [6.07, 6.45) is 3.87. The number of imidazole rings is 1.